The summed E-state index contributed by atoms with van der Waals surface area (Å²) < 4.78 is 0. The van der Waals surface area contributed by atoms with Gasteiger partial charge in [-0.2, -0.15) is 5.26 Å². The molecule has 5 nitrogen and oxygen atoms in total. The van der Waals surface area contributed by atoms with E-state index in [-0.39, 0.29) is 5.91 Å². The van der Waals surface area contributed by atoms with Gasteiger partial charge in [-0.15, -0.1) is 0 Å². The highest BCUT2D eigenvalue weighted by Crippen LogP contribution is 2.29. The van der Waals surface area contributed by atoms with Crippen molar-refractivity contribution in [3.8, 4) is 6.07 Å². The van der Waals surface area contributed by atoms with Crippen LogP contribution in [0.5, 0.6) is 0 Å². The summed E-state index contributed by atoms with van der Waals surface area (Å²) in [6.45, 7) is 0.498. The van der Waals surface area contributed by atoms with Crippen LogP contribution in [0.3, 0.4) is 0 Å². The molecular formula is C13H16N4O. The summed E-state index contributed by atoms with van der Waals surface area (Å²) in [4.78, 5) is 18.2. The summed E-state index contributed by atoms with van der Waals surface area (Å²) in [5.74, 6) is -0.0369. The van der Waals surface area contributed by atoms with E-state index < -0.39 is 0 Å². The Labute approximate surface area is 106 Å². The minimum atomic E-state index is -0.0369. The van der Waals surface area contributed by atoms with E-state index in [1.54, 1.807) is 30.4 Å². The van der Waals surface area contributed by atoms with Crippen molar-refractivity contribution in [3.63, 3.8) is 0 Å². The van der Waals surface area contributed by atoms with E-state index in [2.05, 4.69) is 16.4 Å². The maximum atomic E-state index is 12.4. The van der Waals surface area contributed by atoms with E-state index in [1.807, 2.05) is 0 Å². The lowest BCUT2D eigenvalue weighted by Crippen LogP contribution is -2.34. The number of nitrogens with zero attached hydrogens (tertiary/aromatic N) is 3. The number of carbonyl (C=O) groups excluding carboxylic acids is 1. The number of carbonyl (C=O) groups is 1. The third-order valence-electron chi connectivity index (χ3n) is 3.03. The van der Waals surface area contributed by atoms with E-state index in [9.17, 15) is 4.79 Å². The Morgan fingerprint density at radius 2 is 2.44 bits per heavy atom. The first-order valence-electron chi connectivity index (χ1n) is 6.07. The molecule has 2 rings (SSSR count). The van der Waals surface area contributed by atoms with Crippen molar-refractivity contribution >= 4 is 11.6 Å². The number of hydrogen-bond acceptors (Lipinski definition) is 4. The monoisotopic (exact) mass is 244 g/mol. The summed E-state index contributed by atoms with van der Waals surface area (Å²) in [6, 6.07) is 4.17. The van der Waals surface area contributed by atoms with E-state index in [1.165, 1.54) is 0 Å². The van der Waals surface area contributed by atoms with Crippen LogP contribution in [0.2, 0.25) is 0 Å². The van der Waals surface area contributed by atoms with Crippen LogP contribution in [0.4, 0.5) is 5.69 Å². The molecule has 18 heavy (non-hydrogen) atoms. The van der Waals surface area contributed by atoms with Crippen molar-refractivity contribution in [1.82, 2.24) is 9.88 Å². The number of anilines is 1. The quantitative estimate of drug-likeness (QED) is 0.855. The van der Waals surface area contributed by atoms with Crippen LogP contribution in [0.1, 0.15) is 29.6 Å². The van der Waals surface area contributed by atoms with Crippen LogP contribution < -0.4 is 5.32 Å². The molecule has 1 heterocycles. The zero-order valence-corrected chi connectivity index (χ0v) is 10.4. The molecule has 0 aliphatic heterocycles. The van der Waals surface area contributed by atoms with Crippen LogP contribution in [-0.2, 0) is 0 Å². The fourth-order valence-corrected chi connectivity index (χ4v) is 1.94. The zero-order chi connectivity index (χ0) is 13.0. The number of nitriles is 1. The fraction of sp³-hybridized carbons (Fsp3) is 0.462. The first kappa shape index (κ1) is 12.4. The second-order valence-electron chi connectivity index (χ2n) is 4.31. The van der Waals surface area contributed by atoms with Crippen LogP contribution in [-0.4, -0.2) is 35.4 Å². The molecule has 1 aliphatic rings. The number of pyridine rings is 1. The summed E-state index contributed by atoms with van der Waals surface area (Å²) >= 11 is 0. The van der Waals surface area contributed by atoms with Crippen molar-refractivity contribution in [2.75, 3.05) is 18.9 Å². The summed E-state index contributed by atoms with van der Waals surface area (Å²) in [7, 11) is 1.78. The molecule has 0 saturated heterocycles. The minimum absolute atomic E-state index is 0.0369. The Hall–Kier alpha value is -2.09. The third-order valence-corrected chi connectivity index (χ3v) is 3.03. The highest BCUT2D eigenvalue weighted by Gasteiger charge is 2.33. The minimum Gasteiger partial charge on any atom is -0.387 e. The second kappa shape index (κ2) is 5.50. The molecule has 1 aromatic heterocycles. The summed E-state index contributed by atoms with van der Waals surface area (Å²) in [6.07, 6.45) is 5.67. The van der Waals surface area contributed by atoms with E-state index in [0.29, 0.717) is 24.6 Å². The van der Waals surface area contributed by atoms with Gasteiger partial charge in [0, 0.05) is 37.7 Å². The van der Waals surface area contributed by atoms with Crippen molar-refractivity contribution < 1.29 is 4.79 Å². The largest absolute Gasteiger partial charge is 0.387 e. The Balaban J connectivity index is 2.19. The van der Waals surface area contributed by atoms with Gasteiger partial charge >= 0.3 is 0 Å². The van der Waals surface area contributed by atoms with Gasteiger partial charge in [-0.05, 0) is 18.9 Å². The Bertz CT molecular complexity index is 476. The first-order chi connectivity index (χ1) is 8.77. The lowest BCUT2D eigenvalue weighted by molar-refractivity contribution is 0.0747. The molecule has 0 radical (unpaired) electrons. The zero-order valence-electron chi connectivity index (χ0n) is 10.4. The summed E-state index contributed by atoms with van der Waals surface area (Å²) in [5, 5.41) is 11.7. The Kier molecular flexibility index (Phi) is 3.78. The number of amides is 1. The molecule has 0 unspecified atom stereocenters. The molecule has 1 aliphatic carbocycles. The molecular weight excluding hydrogens is 228 g/mol. The average molecular weight is 244 g/mol. The van der Waals surface area contributed by atoms with Crippen molar-refractivity contribution in [3.05, 3.63) is 24.0 Å². The topological polar surface area (TPSA) is 69.0 Å². The van der Waals surface area contributed by atoms with Crippen LogP contribution in [0.15, 0.2) is 18.5 Å². The van der Waals surface area contributed by atoms with Gasteiger partial charge in [0.15, 0.2) is 0 Å². The van der Waals surface area contributed by atoms with Crippen molar-refractivity contribution in [2.24, 2.45) is 0 Å². The van der Waals surface area contributed by atoms with Crippen molar-refractivity contribution in [1.29, 1.82) is 5.26 Å². The van der Waals surface area contributed by atoms with Gasteiger partial charge in [0.25, 0.3) is 5.91 Å². The first-order valence-corrected chi connectivity index (χ1v) is 6.07. The number of nitrogens with one attached hydrogen (secondary N) is 1. The van der Waals surface area contributed by atoms with Crippen molar-refractivity contribution in [2.45, 2.75) is 25.3 Å². The number of rotatable bonds is 5. The van der Waals surface area contributed by atoms with E-state index in [4.69, 9.17) is 5.26 Å². The highest BCUT2D eigenvalue weighted by atomic mass is 16.2. The maximum absolute atomic E-state index is 12.4. The smallest absolute Gasteiger partial charge is 0.257 e. The predicted molar refractivity (Wildman–Crippen MR) is 68.1 cm³/mol. The van der Waals surface area contributed by atoms with Crippen LogP contribution in [0.25, 0.3) is 0 Å². The SMILES string of the molecule is CNc1ccncc1C(=O)N(CCC#N)C1CC1. The fourth-order valence-electron chi connectivity index (χ4n) is 1.94. The highest BCUT2D eigenvalue weighted by molar-refractivity contribution is 5.99. The molecule has 1 fully saturated rings. The van der Waals surface area contributed by atoms with E-state index >= 15 is 0 Å². The molecule has 0 aromatic carbocycles. The van der Waals surface area contributed by atoms with Gasteiger partial charge in [0.05, 0.1) is 18.1 Å². The molecule has 1 aromatic rings. The summed E-state index contributed by atoms with van der Waals surface area (Å²) in [5.41, 5.74) is 1.35. The predicted octanol–water partition coefficient (Wildman–Crippen LogP) is 1.64. The van der Waals surface area contributed by atoms with Gasteiger partial charge in [0.1, 0.15) is 0 Å². The Morgan fingerprint density at radius 1 is 1.67 bits per heavy atom. The third kappa shape index (κ3) is 2.59. The van der Waals surface area contributed by atoms with Crippen LogP contribution in [0, 0.1) is 11.3 Å². The van der Waals surface area contributed by atoms with Gasteiger partial charge in [-0.3, -0.25) is 9.78 Å². The molecule has 1 N–H and O–H groups in total. The standard InChI is InChI=1S/C13H16N4O/c1-15-12-5-7-16-9-11(12)13(18)17(8-2-6-14)10-3-4-10/h5,7,9-10H,2-4,8H2,1H3,(H,15,16). The molecule has 94 valence electrons. The molecule has 5 heteroatoms. The van der Waals surface area contributed by atoms with Gasteiger partial charge in [-0.1, -0.05) is 0 Å². The molecule has 1 saturated carbocycles. The van der Waals surface area contributed by atoms with E-state index in [0.717, 1.165) is 18.5 Å². The maximum Gasteiger partial charge on any atom is 0.257 e. The Morgan fingerprint density at radius 3 is 3.06 bits per heavy atom. The molecule has 0 bridgehead atoms. The van der Waals surface area contributed by atoms with Gasteiger partial charge < -0.3 is 10.2 Å². The molecule has 0 atom stereocenters. The lowest BCUT2D eigenvalue weighted by Gasteiger charge is -2.22. The number of hydrogen-bond donors (Lipinski definition) is 1. The molecule has 0 spiro atoms. The lowest BCUT2D eigenvalue weighted by atomic mass is 10.2. The second-order valence-corrected chi connectivity index (χ2v) is 4.31. The average Bonchev–Trinajstić information content (AvgIpc) is 3.23. The van der Waals surface area contributed by atoms with Gasteiger partial charge in [-0.25, -0.2) is 0 Å². The molecule has 1 amide bonds. The van der Waals surface area contributed by atoms with Gasteiger partial charge in [0.2, 0.25) is 0 Å². The van der Waals surface area contributed by atoms with Crippen LogP contribution >= 0.6 is 0 Å². The number of aromatic nitrogens is 1. The normalized spacial score (nSPS) is 13.8.